The van der Waals surface area contributed by atoms with Crippen LogP contribution in [0.4, 0.5) is 5.69 Å². The third kappa shape index (κ3) is 2.23. The van der Waals surface area contributed by atoms with Gasteiger partial charge in [-0.2, -0.15) is 0 Å². The Morgan fingerprint density at radius 3 is 2.21 bits per heavy atom. The number of nitro benzene ring substituents is 1. The number of nitro groups is 1. The van der Waals surface area contributed by atoms with Crippen LogP contribution in [0.25, 0.3) is 33.0 Å². The fourth-order valence-electron chi connectivity index (χ4n) is 4.59. The summed E-state index contributed by atoms with van der Waals surface area (Å²) in [7, 11) is 0. The van der Waals surface area contributed by atoms with E-state index in [1.54, 1.807) is 12.1 Å². The number of nitrogens with zero attached hydrogens (tertiary/aromatic N) is 1. The first-order valence-electron chi connectivity index (χ1n) is 9.39. The largest absolute Gasteiger partial charge is 0.277 e. The number of rotatable bonds is 2. The van der Waals surface area contributed by atoms with Crippen molar-refractivity contribution in [2.24, 2.45) is 0 Å². The first-order valence-corrected chi connectivity index (χ1v) is 9.39. The molecule has 0 heterocycles. The summed E-state index contributed by atoms with van der Waals surface area (Å²) in [5.74, 6) is 0. The molecular formula is C25H19NO2. The Morgan fingerprint density at radius 1 is 0.750 bits per heavy atom. The standard InChI is InChI=1S/C25H19NO2/c1-25(2)21-11-4-3-9-19(21)20-14-13-17(15-22(20)25)18-10-5-7-16-8-6-12-23(24(16)18)26(27)28/h3-15H,1-2H3. The van der Waals surface area contributed by atoms with E-state index in [-0.39, 0.29) is 16.0 Å². The van der Waals surface area contributed by atoms with Gasteiger partial charge in [0.2, 0.25) is 0 Å². The van der Waals surface area contributed by atoms with Crippen molar-refractivity contribution < 1.29 is 4.92 Å². The van der Waals surface area contributed by atoms with Crippen LogP contribution in [0.3, 0.4) is 0 Å². The summed E-state index contributed by atoms with van der Waals surface area (Å²) in [6, 6.07) is 26.1. The first-order chi connectivity index (χ1) is 13.5. The molecule has 0 fully saturated rings. The lowest BCUT2D eigenvalue weighted by atomic mass is 9.81. The molecular weight excluding hydrogens is 346 g/mol. The van der Waals surface area contributed by atoms with Crippen LogP contribution in [0.2, 0.25) is 0 Å². The van der Waals surface area contributed by atoms with E-state index in [4.69, 9.17) is 0 Å². The summed E-state index contributed by atoms with van der Waals surface area (Å²) in [5, 5.41) is 13.2. The molecule has 28 heavy (non-hydrogen) atoms. The van der Waals surface area contributed by atoms with E-state index < -0.39 is 0 Å². The van der Waals surface area contributed by atoms with Crippen LogP contribution in [0.15, 0.2) is 78.9 Å². The van der Waals surface area contributed by atoms with Crippen molar-refractivity contribution in [1.29, 1.82) is 0 Å². The minimum atomic E-state index is -0.293. The molecule has 0 aliphatic heterocycles. The van der Waals surface area contributed by atoms with Crippen LogP contribution in [-0.2, 0) is 5.41 Å². The highest BCUT2D eigenvalue weighted by Crippen LogP contribution is 2.50. The molecule has 0 amide bonds. The lowest BCUT2D eigenvalue weighted by Crippen LogP contribution is -2.14. The first kappa shape index (κ1) is 16.7. The SMILES string of the molecule is CC1(C)c2ccccc2-c2ccc(-c3cccc4cccc([N+](=O)[O-])c34)cc21. The van der Waals surface area contributed by atoms with E-state index >= 15 is 0 Å². The number of hydrogen-bond acceptors (Lipinski definition) is 2. The van der Waals surface area contributed by atoms with Crippen LogP contribution in [0.5, 0.6) is 0 Å². The Morgan fingerprint density at radius 2 is 1.43 bits per heavy atom. The van der Waals surface area contributed by atoms with Crippen molar-refractivity contribution in [3.63, 3.8) is 0 Å². The summed E-state index contributed by atoms with van der Waals surface area (Å²) >= 11 is 0. The van der Waals surface area contributed by atoms with E-state index in [0.717, 1.165) is 16.5 Å². The molecule has 0 saturated heterocycles. The average Bonchev–Trinajstić information content (AvgIpc) is 2.94. The van der Waals surface area contributed by atoms with Crippen molar-refractivity contribution in [2.75, 3.05) is 0 Å². The molecule has 1 aliphatic carbocycles. The minimum Gasteiger partial charge on any atom is -0.258 e. The summed E-state index contributed by atoms with van der Waals surface area (Å²) < 4.78 is 0. The number of fused-ring (bicyclic) bond motifs is 4. The molecule has 3 nitrogen and oxygen atoms in total. The molecule has 0 saturated carbocycles. The molecule has 136 valence electrons. The second-order valence-corrected chi connectivity index (χ2v) is 7.87. The zero-order valence-corrected chi connectivity index (χ0v) is 15.8. The topological polar surface area (TPSA) is 43.1 Å². The second kappa shape index (κ2) is 5.77. The van der Waals surface area contributed by atoms with Crippen molar-refractivity contribution in [1.82, 2.24) is 0 Å². The van der Waals surface area contributed by atoms with Gasteiger partial charge in [0.05, 0.1) is 10.3 Å². The summed E-state index contributed by atoms with van der Waals surface area (Å²) in [4.78, 5) is 11.4. The monoisotopic (exact) mass is 365 g/mol. The highest BCUT2D eigenvalue weighted by Gasteiger charge is 2.35. The van der Waals surface area contributed by atoms with Crippen LogP contribution in [0.1, 0.15) is 25.0 Å². The maximum Gasteiger partial charge on any atom is 0.277 e. The zero-order chi connectivity index (χ0) is 19.5. The third-order valence-corrected chi connectivity index (χ3v) is 5.97. The Bertz CT molecular complexity index is 1270. The van der Waals surface area contributed by atoms with Gasteiger partial charge in [0.15, 0.2) is 0 Å². The van der Waals surface area contributed by atoms with Crippen LogP contribution < -0.4 is 0 Å². The van der Waals surface area contributed by atoms with Gasteiger partial charge in [0.25, 0.3) is 5.69 Å². The van der Waals surface area contributed by atoms with Gasteiger partial charge in [-0.25, -0.2) is 0 Å². The highest BCUT2D eigenvalue weighted by atomic mass is 16.6. The molecule has 1 aliphatic rings. The Labute approximate surface area is 163 Å². The maximum atomic E-state index is 11.6. The molecule has 0 aromatic heterocycles. The third-order valence-electron chi connectivity index (χ3n) is 5.97. The maximum absolute atomic E-state index is 11.6. The molecule has 0 bridgehead atoms. The molecule has 0 N–H and O–H groups in total. The number of hydrogen-bond donors (Lipinski definition) is 0. The van der Waals surface area contributed by atoms with Crippen molar-refractivity contribution in [3.8, 4) is 22.3 Å². The Balaban J connectivity index is 1.78. The van der Waals surface area contributed by atoms with Crippen molar-refractivity contribution >= 4 is 16.5 Å². The van der Waals surface area contributed by atoms with Crippen molar-refractivity contribution in [2.45, 2.75) is 19.3 Å². The van der Waals surface area contributed by atoms with Gasteiger partial charge in [0.1, 0.15) is 0 Å². The molecule has 0 atom stereocenters. The van der Waals surface area contributed by atoms with Gasteiger partial charge in [-0.3, -0.25) is 10.1 Å². The van der Waals surface area contributed by atoms with Gasteiger partial charge in [-0.05, 0) is 44.8 Å². The van der Waals surface area contributed by atoms with E-state index in [1.165, 1.54) is 22.3 Å². The molecule has 0 spiro atoms. The predicted molar refractivity (Wildman–Crippen MR) is 114 cm³/mol. The van der Waals surface area contributed by atoms with Crippen LogP contribution in [-0.4, -0.2) is 4.92 Å². The predicted octanol–water partition coefficient (Wildman–Crippen LogP) is 6.72. The quantitative estimate of drug-likeness (QED) is 0.292. The Kier molecular flexibility index (Phi) is 3.44. The van der Waals surface area contributed by atoms with Crippen molar-refractivity contribution in [3.05, 3.63) is 100 Å². The summed E-state index contributed by atoms with van der Waals surface area (Å²) in [5.41, 5.74) is 7.08. The highest BCUT2D eigenvalue weighted by molar-refractivity contribution is 6.03. The van der Waals surface area contributed by atoms with E-state index in [1.807, 2.05) is 24.3 Å². The van der Waals surface area contributed by atoms with Gasteiger partial charge >= 0.3 is 0 Å². The van der Waals surface area contributed by atoms with Crippen LogP contribution in [0, 0.1) is 10.1 Å². The Hall–Kier alpha value is -3.46. The summed E-state index contributed by atoms with van der Waals surface area (Å²) in [6.07, 6.45) is 0. The smallest absolute Gasteiger partial charge is 0.258 e. The molecule has 5 rings (SSSR count). The minimum absolute atomic E-state index is 0.0988. The van der Waals surface area contributed by atoms with Crippen LogP contribution >= 0.6 is 0 Å². The lowest BCUT2D eigenvalue weighted by Gasteiger charge is -2.22. The average molecular weight is 365 g/mol. The fraction of sp³-hybridized carbons (Fsp3) is 0.120. The van der Waals surface area contributed by atoms with E-state index in [0.29, 0.717) is 5.39 Å². The lowest BCUT2D eigenvalue weighted by molar-refractivity contribution is -0.383. The van der Waals surface area contributed by atoms with Gasteiger partial charge in [0, 0.05) is 11.5 Å². The van der Waals surface area contributed by atoms with Gasteiger partial charge < -0.3 is 0 Å². The fourth-order valence-corrected chi connectivity index (χ4v) is 4.59. The molecule has 0 unspecified atom stereocenters. The molecule has 3 heteroatoms. The normalized spacial score (nSPS) is 13.9. The molecule has 0 radical (unpaired) electrons. The number of non-ortho nitro benzene ring substituents is 1. The zero-order valence-electron chi connectivity index (χ0n) is 15.8. The number of benzene rings is 4. The molecule has 4 aromatic carbocycles. The van der Waals surface area contributed by atoms with E-state index in [9.17, 15) is 10.1 Å². The van der Waals surface area contributed by atoms with Gasteiger partial charge in [-0.15, -0.1) is 0 Å². The van der Waals surface area contributed by atoms with E-state index in [2.05, 4.69) is 56.3 Å². The second-order valence-electron chi connectivity index (χ2n) is 7.87. The van der Waals surface area contributed by atoms with Gasteiger partial charge in [-0.1, -0.05) is 80.6 Å². The summed E-state index contributed by atoms with van der Waals surface area (Å²) in [6.45, 7) is 4.49. The molecule has 4 aromatic rings.